The predicted octanol–water partition coefficient (Wildman–Crippen LogP) is 6.87. The van der Waals surface area contributed by atoms with Crippen molar-refractivity contribution in [2.24, 2.45) is 0 Å². The highest BCUT2D eigenvalue weighted by Gasteiger charge is 2.49. The fourth-order valence-corrected chi connectivity index (χ4v) is 5.35. The molecular formula is C27H28. The molecule has 0 N–H and O–H groups in total. The van der Waals surface area contributed by atoms with Gasteiger partial charge in [0.1, 0.15) is 0 Å². The van der Waals surface area contributed by atoms with Gasteiger partial charge in [-0.3, -0.25) is 0 Å². The van der Waals surface area contributed by atoms with Gasteiger partial charge in [-0.2, -0.15) is 0 Å². The molecule has 0 saturated carbocycles. The zero-order valence-corrected chi connectivity index (χ0v) is 16.8. The van der Waals surface area contributed by atoms with Crippen LogP contribution >= 0.6 is 0 Å². The van der Waals surface area contributed by atoms with E-state index in [1.165, 1.54) is 44.5 Å². The number of rotatable bonds is 0. The fourth-order valence-electron chi connectivity index (χ4n) is 5.35. The maximum Gasteiger partial charge on any atom is 0.0706 e. The molecule has 0 aromatic heterocycles. The summed E-state index contributed by atoms with van der Waals surface area (Å²) in [4.78, 5) is 0. The zero-order chi connectivity index (χ0) is 19.0. The first kappa shape index (κ1) is 17.8. The van der Waals surface area contributed by atoms with E-state index in [4.69, 9.17) is 0 Å². The van der Waals surface area contributed by atoms with Crippen molar-refractivity contribution in [2.45, 2.75) is 46.0 Å². The lowest BCUT2D eigenvalue weighted by Gasteiger charge is -2.49. The lowest BCUT2D eigenvalue weighted by Crippen LogP contribution is -2.41. The molecule has 2 aromatic carbocycles. The average molecular weight is 353 g/mol. The van der Waals surface area contributed by atoms with Crippen LogP contribution < -0.4 is 0 Å². The molecule has 0 saturated heterocycles. The number of hydrogen-bond acceptors (Lipinski definition) is 0. The molecule has 4 rings (SSSR count). The molecule has 0 amide bonds. The molecule has 0 atom stereocenters. The van der Waals surface area contributed by atoms with Gasteiger partial charge in [-0.25, -0.2) is 0 Å². The monoisotopic (exact) mass is 352 g/mol. The number of benzene rings is 2. The largest absolute Gasteiger partial charge is 0.0838 e. The van der Waals surface area contributed by atoms with Crippen molar-refractivity contribution in [3.8, 4) is 0 Å². The summed E-state index contributed by atoms with van der Waals surface area (Å²) in [6, 6.07) is 18.1. The van der Waals surface area contributed by atoms with Crippen molar-refractivity contribution < 1.29 is 0 Å². The highest BCUT2D eigenvalue weighted by atomic mass is 14.5. The molecule has 0 fully saturated rings. The normalized spacial score (nSPS) is 27.4. The maximum atomic E-state index is 2.35. The van der Waals surface area contributed by atoms with Crippen LogP contribution in [0.2, 0.25) is 0 Å². The van der Waals surface area contributed by atoms with Gasteiger partial charge in [-0.1, -0.05) is 72.8 Å². The van der Waals surface area contributed by atoms with Crippen LogP contribution in [0.3, 0.4) is 0 Å². The first-order valence-electron chi connectivity index (χ1n) is 10.0. The van der Waals surface area contributed by atoms with Crippen LogP contribution in [0.15, 0.2) is 95.1 Å². The van der Waals surface area contributed by atoms with Crippen LogP contribution in [0.25, 0.3) is 0 Å². The van der Waals surface area contributed by atoms with Gasteiger partial charge >= 0.3 is 0 Å². The molecule has 2 aliphatic rings. The second-order valence-electron chi connectivity index (χ2n) is 7.45. The van der Waals surface area contributed by atoms with Crippen LogP contribution in [0.1, 0.15) is 49.9 Å². The van der Waals surface area contributed by atoms with Crippen LogP contribution in [0, 0.1) is 0 Å². The van der Waals surface area contributed by atoms with Gasteiger partial charge in [-0.15, -0.1) is 0 Å². The van der Waals surface area contributed by atoms with Gasteiger partial charge in [0.05, 0.1) is 5.41 Å². The highest BCUT2D eigenvalue weighted by Crippen LogP contribution is 2.57. The molecule has 2 aromatic rings. The van der Waals surface area contributed by atoms with E-state index in [0.717, 1.165) is 12.8 Å². The number of hydrogen-bond donors (Lipinski definition) is 0. The molecule has 0 nitrogen and oxygen atoms in total. The Morgan fingerprint density at radius 3 is 1.37 bits per heavy atom. The molecule has 0 aliphatic heterocycles. The van der Waals surface area contributed by atoms with Gasteiger partial charge in [0, 0.05) is 0 Å². The molecule has 1 spiro atoms. The Morgan fingerprint density at radius 2 is 1.00 bits per heavy atom. The fraction of sp³-hybridized carbons (Fsp3) is 0.259. The van der Waals surface area contributed by atoms with Gasteiger partial charge in [0.25, 0.3) is 0 Å². The van der Waals surface area contributed by atoms with Gasteiger partial charge < -0.3 is 0 Å². The summed E-state index contributed by atoms with van der Waals surface area (Å²) in [6.07, 6.45) is 11.4. The lowest BCUT2D eigenvalue weighted by atomic mass is 9.53. The van der Waals surface area contributed by atoms with Crippen molar-refractivity contribution in [2.75, 3.05) is 0 Å². The Kier molecular flexibility index (Phi) is 4.52. The molecule has 2 aliphatic carbocycles. The quantitative estimate of drug-likeness (QED) is 0.485. The zero-order valence-electron chi connectivity index (χ0n) is 16.8. The minimum Gasteiger partial charge on any atom is -0.0838 e. The second kappa shape index (κ2) is 6.85. The Bertz CT molecular complexity index is 924. The minimum absolute atomic E-state index is 0.211. The molecule has 27 heavy (non-hydrogen) atoms. The van der Waals surface area contributed by atoms with Crippen LogP contribution in [0.5, 0.6) is 0 Å². The Balaban J connectivity index is 2.24. The first-order valence-corrected chi connectivity index (χ1v) is 10.0. The van der Waals surface area contributed by atoms with Gasteiger partial charge in [0.2, 0.25) is 0 Å². The van der Waals surface area contributed by atoms with E-state index in [-0.39, 0.29) is 5.41 Å². The third-order valence-electron chi connectivity index (χ3n) is 6.38. The van der Waals surface area contributed by atoms with Crippen molar-refractivity contribution >= 4 is 0 Å². The van der Waals surface area contributed by atoms with Crippen molar-refractivity contribution in [3.05, 3.63) is 117 Å². The Labute approximate surface area is 163 Å². The third-order valence-corrected chi connectivity index (χ3v) is 6.38. The maximum absolute atomic E-state index is 2.35. The molecule has 136 valence electrons. The van der Waals surface area contributed by atoms with Gasteiger partial charge in [-0.05, 0) is 85.1 Å². The molecule has 0 bridgehead atoms. The van der Waals surface area contributed by atoms with Crippen molar-refractivity contribution in [3.63, 3.8) is 0 Å². The van der Waals surface area contributed by atoms with E-state index in [9.17, 15) is 0 Å². The Morgan fingerprint density at radius 1 is 0.593 bits per heavy atom. The molecular weight excluding hydrogens is 324 g/mol. The number of fused-ring (bicyclic) bond motifs is 4. The van der Waals surface area contributed by atoms with Crippen LogP contribution in [-0.4, -0.2) is 0 Å². The third kappa shape index (κ3) is 2.36. The lowest BCUT2D eigenvalue weighted by molar-refractivity contribution is 0.648. The standard InChI is InChI=1S/C27H28/c1-5-19-17-21-13-9-11-15-25(21)27(23(19)7-3)24(8-4)20(6-2)18-22-14-10-12-16-26(22)27/h5-16H,17-18H2,1-4H3/b19-5-,20-6-,23-7+,24-8+. The smallest absolute Gasteiger partial charge is 0.0706 e. The van der Waals surface area contributed by atoms with Crippen LogP contribution in [0.4, 0.5) is 0 Å². The molecule has 0 radical (unpaired) electrons. The average Bonchev–Trinajstić information content (AvgIpc) is 2.73. The summed E-state index contributed by atoms with van der Waals surface area (Å²) in [5.41, 5.74) is 11.4. The van der Waals surface area contributed by atoms with E-state index >= 15 is 0 Å². The summed E-state index contributed by atoms with van der Waals surface area (Å²) in [5.74, 6) is 0. The Hall–Kier alpha value is -2.60. The summed E-state index contributed by atoms with van der Waals surface area (Å²) < 4.78 is 0. The summed E-state index contributed by atoms with van der Waals surface area (Å²) in [7, 11) is 0. The van der Waals surface area contributed by atoms with Gasteiger partial charge in [0.15, 0.2) is 0 Å². The molecule has 0 heterocycles. The first-order chi connectivity index (χ1) is 13.2. The van der Waals surface area contributed by atoms with E-state index in [1.54, 1.807) is 0 Å². The van der Waals surface area contributed by atoms with Crippen molar-refractivity contribution in [1.82, 2.24) is 0 Å². The minimum atomic E-state index is -0.211. The highest BCUT2D eigenvalue weighted by molar-refractivity contribution is 5.74. The number of allylic oxidation sites excluding steroid dienone is 8. The SMILES string of the molecule is C/C=C1/Cc2ccccc2C2(/C1=C/C)C(=C/C)/C(=C\C)Cc1ccccc12. The van der Waals surface area contributed by atoms with E-state index < -0.39 is 0 Å². The van der Waals surface area contributed by atoms with Crippen molar-refractivity contribution in [1.29, 1.82) is 0 Å². The summed E-state index contributed by atoms with van der Waals surface area (Å²) >= 11 is 0. The topological polar surface area (TPSA) is 0 Å². The van der Waals surface area contributed by atoms with E-state index in [2.05, 4.69) is 101 Å². The van der Waals surface area contributed by atoms with E-state index in [1.807, 2.05) is 0 Å². The van der Waals surface area contributed by atoms with E-state index in [0.29, 0.717) is 0 Å². The predicted molar refractivity (Wildman–Crippen MR) is 116 cm³/mol. The molecule has 0 heteroatoms. The van der Waals surface area contributed by atoms with Crippen LogP contribution in [-0.2, 0) is 18.3 Å². The summed E-state index contributed by atoms with van der Waals surface area (Å²) in [5, 5.41) is 0. The molecule has 0 unspecified atom stereocenters. The summed E-state index contributed by atoms with van der Waals surface area (Å²) in [6.45, 7) is 8.77. The second-order valence-corrected chi connectivity index (χ2v) is 7.45.